The van der Waals surface area contributed by atoms with Crippen LogP contribution in [0.2, 0.25) is 0 Å². The first kappa shape index (κ1) is 17.3. The lowest BCUT2D eigenvalue weighted by molar-refractivity contribution is -0.132. The number of aryl methyl sites for hydroxylation is 1. The van der Waals surface area contributed by atoms with E-state index >= 15 is 0 Å². The predicted molar refractivity (Wildman–Crippen MR) is 104 cm³/mol. The van der Waals surface area contributed by atoms with Crippen molar-refractivity contribution >= 4 is 40.4 Å². The van der Waals surface area contributed by atoms with E-state index < -0.39 is 5.97 Å². The molecule has 0 saturated carbocycles. The molecule has 2 aromatic rings. The molecule has 0 unspecified atom stereocenters. The molecule has 3 heterocycles. The molecule has 1 aliphatic heterocycles. The van der Waals surface area contributed by atoms with Crippen molar-refractivity contribution in [2.75, 3.05) is 12.3 Å². The summed E-state index contributed by atoms with van der Waals surface area (Å²) in [6, 6.07) is 6.29. The number of thiophene rings is 2. The third kappa shape index (κ3) is 4.53. The number of thioether (sulfide) groups is 1. The highest BCUT2D eigenvalue weighted by atomic mass is 32.2. The van der Waals surface area contributed by atoms with E-state index in [9.17, 15) is 9.90 Å². The molecule has 0 saturated heterocycles. The van der Waals surface area contributed by atoms with Crippen LogP contribution in [0.15, 0.2) is 57.1 Å². The molecule has 0 spiro atoms. The Kier molecular flexibility index (Phi) is 6.18. The first-order valence-corrected chi connectivity index (χ1v) is 10.6. The van der Waals surface area contributed by atoms with E-state index in [0.717, 1.165) is 36.7 Å². The standard InChI is InChI=1S/C18H19NO2S3/c20-18(21)16-6-1-8-19(12-15-5-3-9-23-15)17(16)24-10-2-4-14-7-11-22-13-14/h1,3,5-7,9,11,13H,2,4,8,10,12H2,(H,20,21). The number of aliphatic carboxylic acids is 1. The normalized spacial score (nSPS) is 14.4. The van der Waals surface area contributed by atoms with Crippen molar-refractivity contribution in [3.05, 3.63) is 67.5 Å². The van der Waals surface area contributed by atoms with E-state index in [1.165, 1.54) is 10.4 Å². The molecule has 2 aromatic heterocycles. The van der Waals surface area contributed by atoms with Gasteiger partial charge in [0, 0.05) is 11.4 Å². The van der Waals surface area contributed by atoms with Gasteiger partial charge in [-0.2, -0.15) is 11.3 Å². The maximum Gasteiger partial charge on any atom is 0.338 e. The smallest absolute Gasteiger partial charge is 0.338 e. The Balaban J connectivity index is 1.65. The molecule has 1 aliphatic rings. The summed E-state index contributed by atoms with van der Waals surface area (Å²) in [7, 11) is 0. The number of hydrogen-bond acceptors (Lipinski definition) is 5. The topological polar surface area (TPSA) is 40.5 Å². The molecule has 24 heavy (non-hydrogen) atoms. The number of carbonyl (C=O) groups is 1. The SMILES string of the molecule is O=C(O)C1=C(SCCCc2ccsc2)N(Cc2cccs2)CC=C1. The van der Waals surface area contributed by atoms with E-state index in [2.05, 4.69) is 33.2 Å². The molecule has 0 amide bonds. The van der Waals surface area contributed by atoms with Crippen LogP contribution in [0.3, 0.4) is 0 Å². The minimum atomic E-state index is -0.845. The quantitative estimate of drug-likeness (QED) is 0.668. The third-order valence-electron chi connectivity index (χ3n) is 3.71. The summed E-state index contributed by atoms with van der Waals surface area (Å²) in [6.45, 7) is 1.53. The van der Waals surface area contributed by atoms with Gasteiger partial charge in [-0.25, -0.2) is 4.79 Å². The second-order valence-corrected chi connectivity index (χ2v) is 8.37. The van der Waals surface area contributed by atoms with E-state index in [-0.39, 0.29) is 0 Å². The number of nitrogens with zero attached hydrogens (tertiary/aromatic N) is 1. The monoisotopic (exact) mass is 377 g/mol. The Labute approximate surface area is 154 Å². The summed E-state index contributed by atoms with van der Waals surface area (Å²) in [5, 5.41) is 16.7. The van der Waals surface area contributed by atoms with Crippen LogP contribution in [-0.2, 0) is 17.8 Å². The second-order valence-electron chi connectivity index (χ2n) is 5.47. The summed E-state index contributed by atoms with van der Waals surface area (Å²) in [6.07, 6.45) is 5.78. The van der Waals surface area contributed by atoms with Crippen LogP contribution in [0.25, 0.3) is 0 Å². The van der Waals surface area contributed by atoms with Gasteiger partial charge in [0.05, 0.1) is 17.1 Å². The molecule has 3 rings (SSSR count). The van der Waals surface area contributed by atoms with Crippen LogP contribution in [0.1, 0.15) is 16.9 Å². The highest BCUT2D eigenvalue weighted by molar-refractivity contribution is 8.03. The Hall–Kier alpha value is -1.50. The first-order valence-electron chi connectivity index (χ1n) is 7.79. The maximum absolute atomic E-state index is 11.6. The highest BCUT2D eigenvalue weighted by Gasteiger charge is 2.21. The van der Waals surface area contributed by atoms with Gasteiger partial charge in [0.1, 0.15) is 0 Å². The van der Waals surface area contributed by atoms with Gasteiger partial charge >= 0.3 is 5.97 Å². The van der Waals surface area contributed by atoms with E-state index in [1.807, 2.05) is 12.1 Å². The lowest BCUT2D eigenvalue weighted by Crippen LogP contribution is -2.26. The summed E-state index contributed by atoms with van der Waals surface area (Å²) >= 11 is 5.10. The summed E-state index contributed by atoms with van der Waals surface area (Å²) < 4.78 is 0. The molecule has 0 atom stereocenters. The van der Waals surface area contributed by atoms with Gasteiger partial charge in [0.2, 0.25) is 0 Å². The second kappa shape index (κ2) is 8.55. The fourth-order valence-corrected chi connectivity index (χ4v) is 5.10. The minimum Gasteiger partial charge on any atom is -0.478 e. The van der Waals surface area contributed by atoms with Crippen molar-refractivity contribution in [1.82, 2.24) is 4.90 Å². The van der Waals surface area contributed by atoms with Crippen molar-refractivity contribution in [2.24, 2.45) is 0 Å². The Bertz CT molecular complexity index is 718. The molecule has 3 nitrogen and oxygen atoms in total. The Morgan fingerprint density at radius 3 is 2.96 bits per heavy atom. The van der Waals surface area contributed by atoms with Crippen molar-refractivity contribution in [3.63, 3.8) is 0 Å². The Morgan fingerprint density at radius 1 is 1.33 bits per heavy atom. The van der Waals surface area contributed by atoms with Crippen LogP contribution in [0.4, 0.5) is 0 Å². The fraction of sp³-hybridized carbons (Fsp3) is 0.278. The third-order valence-corrected chi connectivity index (χ3v) is 6.55. The van der Waals surface area contributed by atoms with Crippen molar-refractivity contribution in [2.45, 2.75) is 19.4 Å². The molecule has 0 fully saturated rings. The zero-order valence-corrected chi connectivity index (χ0v) is 15.6. The van der Waals surface area contributed by atoms with Gasteiger partial charge in [-0.05, 0) is 58.5 Å². The number of hydrogen-bond donors (Lipinski definition) is 1. The predicted octanol–water partition coefficient (Wildman–Crippen LogP) is 4.84. The van der Waals surface area contributed by atoms with Crippen molar-refractivity contribution in [1.29, 1.82) is 0 Å². The van der Waals surface area contributed by atoms with Crippen molar-refractivity contribution < 1.29 is 9.90 Å². The van der Waals surface area contributed by atoms with E-state index in [1.54, 1.807) is 40.5 Å². The zero-order chi connectivity index (χ0) is 16.8. The van der Waals surface area contributed by atoms with Gasteiger partial charge in [0.15, 0.2) is 0 Å². The van der Waals surface area contributed by atoms with Crippen LogP contribution < -0.4 is 0 Å². The zero-order valence-electron chi connectivity index (χ0n) is 13.2. The summed E-state index contributed by atoms with van der Waals surface area (Å²) in [4.78, 5) is 15.0. The van der Waals surface area contributed by atoms with Gasteiger partial charge in [-0.15, -0.1) is 23.1 Å². The van der Waals surface area contributed by atoms with Gasteiger partial charge in [0.25, 0.3) is 0 Å². The number of carboxylic acid groups (broad SMARTS) is 1. The highest BCUT2D eigenvalue weighted by Crippen LogP contribution is 2.31. The van der Waals surface area contributed by atoms with Crippen LogP contribution in [0.5, 0.6) is 0 Å². The molecular formula is C18H19NO2S3. The van der Waals surface area contributed by atoms with Gasteiger partial charge in [-0.3, -0.25) is 0 Å². The maximum atomic E-state index is 11.6. The van der Waals surface area contributed by atoms with Gasteiger partial charge in [-0.1, -0.05) is 12.1 Å². The largest absolute Gasteiger partial charge is 0.478 e. The molecule has 0 bridgehead atoms. The molecule has 0 aromatic carbocycles. The Morgan fingerprint density at radius 2 is 2.25 bits per heavy atom. The lowest BCUT2D eigenvalue weighted by Gasteiger charge is -2.29. The molecule has 126 valence electrons. The fourth-order valence-electron chi connectivity index (χ4n) is 2.56. The van der Waals surface area contributed by atoms with Crippen LogP contribution in [0, 0.1) is 0 Å². The molecular weight excluding hydrogens is 358 g/mol. The summed E-state index contributed by atoms with van der Waals surface area (Å²) in [5.41, 5.74) is 1.78. The van der Waals surface area contributed by atoms with E-state index in [0.29, 0.717) is 5.57 Å². The first-order chi connectivity index (χ1) is 11.7. The van der Waals surface area contributed by atoms with E-state index in [4.69, 9.17) is 0 Å². The van der Waals surface area contributed by atoms with Crippen LogP contribution in [-0.4, -0.2) is 28.3 Å². The molecule has 0 aliphatic carbocycles. The average Bonchev–Trinajstić information content (AvgIpc) is 3.26. The minimum absolute atomic E-state index is 0.415. The molecule has 0 radical (unpaired) electrons. The molecule has 1 N–H and O–H groups in total. The van der Waals surface area contributed by atoms with Crippen molar-refractivity contribution in [3.8, 4) is 0 Å². The average molecular weight is 378 g/mol. The summed E-state index contributed by atoms with van der Waals surface area (Å²) in [5.74, 6) is 0.0824. The van der Waals surface area contributed by atoms with Gasteiger partial charge < -0.3 is 10.0 Å². The number of rotatable bonds is 8. The van der Waals surface area contributed by atoms with Crippen LogP contribution >= 0.6 is 34.4 Å². The number of carboxylic acids is 1. The lowest BCUT2D eigenvalue weighted by atomic mass is 10.2. The molecule has 6 heteroatoms.